The molecule has 0 N–H and O–H groups in total. The Hall–Kier alpha value is -5.06. The van der Waals surface area contributed by atoms with E-state index in [1.54, 1.807) is 24.3 Å². The number of nitro benzene ring substituents is 1. The molecule has 39 heavy (non-hydrogen) atoms. The first kappa shape index (κ1) is 27.0. The van der Waals surface area contributed by atoms with Gasteiger partial charge < -0.3 is 19.1 Å². The van der Waals surface area contributed by atoms with Gasteiger partial charge in [-0.3, -0.25) is 24.5 Å². The molecule has 11 nitrogen and oxygen atoms in total. The first-order valence-corrected chi connectivity index (χ1v) is 12.1. The molecule has 0 saturated carbocycles. The van der Waals surface area contributed by atoms with Gasteiger partial charge in [-0.1, -0.05) is 12.1 Å². The minimum atomic E-state index is -0.721. The lowest BCUT2D eigenvalue weighted by molar-refractivity contribution is -0.384. The normalized spacial score (nSPS) is 14.5. The number of nitrogens with zero attached hydrogens (tertiary/aromatic N) is 2. The van der Waals surface area contributed by atoms with Crippen LogP contribution in [0, 0.1) is 16.0 Å². The lowest BCUT2D eigenvalue weighted by Gasteiger charge is -2.19. The minimum absolute atomic E-state index is 0.0394. The number of hydrogen-bond acceptors (Lipinski definition) is 9. The zero-order valence-electron chi connectivity index (χ0n) is 20.9. The summed E-state index contributed by atoms with van der Waals surface area (Å²) in [4.78, 5) is 61.6. The van der Waals surface area contributed by atoms with E-state index in [9.17, 15) is 29.3 Å². The number of nitro groups is 1. The van der Waals surface area contributed by atoms with Gasteiger partial charge in [0.15, 0.2) is 12.4 Å². The van der Waals surface area contributed by atoms with Crippen LogP contribution in [0.4, 0.5) is 11.4 Å². The fourth-order valence-corrected chi connectivity index (χ4v) is 3.99. The van der Waals surface area contributed by atoms with Crippen molar-refractivity contribution in [3.8, 4) is 11.5 Å². The van der Waals surface area contributed by atoms with Gasteiger partial charge in [0.05, 0.1) is 28.7 Å². The summed E-state index contributed by atoms with van der Waals surface area (Å²) in [5, 5.41) is 10.7. The van der Waals surface area contributed by atoms with Crippen LogP contribution < -0.4 is 14.4 Å². The van der Waals surface area contributed by atoms with Crippen molar-refractivity contribution in [2.45, 2.75) is 13.3 Å². The Kier molecular flexibility index (Phi) is 8.30. The number of hydrogen-bond donors (Lipinski definition) is 0. The van der Waals surface area contributed by atoms with E-state index >= 15 is 0 Å². The Morgan fingerprint density at radius 1 is 0.974 bits per heavy atom. The van der Waals surface area contributed by atoms with Crippen molar-refractivity contribution in [3.63, 3.8) is 0 Å². The molecule has 0 spiro atoms. The predicted molar refractivity (Wildman–Crippen MR) is 138 cm³/mol. The van der Waals surface area contributed by atoms with E-state index in [1.165, 1.54) is 53.4 Å². The van der Waals surface area contributed by atoms with E-state index in [2.05, 4.69) is 0 Å². The SMILES string of the molecule is CCOc1ccccc1N1C[C@H](C(=O)OCC(=O)c2ccc(OC(=O)c3ccc([N+](=O)[O-])cc3)cc2)CC1=O. The summed E-state index contributed by atoms with van der Waals surface area (Å²) in [5.41, 5.74) is 0.773. The first-order valence-electron chi connectivity index (χ1n) is 12.1. The Balaban J connectivity index is 1.29. The number of carbonyl (C=O) groups excluding carboxylic acids is 4. The van der Waals surface area contributed by atoms with Crippen LogP contribution >= 0.6 is 0 Å². The van der Waals surface area contributed by atoms with Crippen molar-refractivity contribution in [1.29, 1.82) is 0 Å². The van der Waals surface area contributed by atoms with Gasteiger partial charge in [-0.2, -0.15) is 0 Å². The van der Waals surface area contributed by atoms with Gasteiger partial charge in [-0.25, -0.2) is 4.79 Å². The number of amides is 1. The van der Waals surface area contributed by atoms with Crippen molar-refractivity contribution in [3.05, 3.63) is 94.0 Å². The third kappa shape index (κ3) is 6.45. The number of non-ortho nitro benzene ring substituents is 1. The third-order valence-electron chi connectivity index (χ3n) is 5.96. The lowest BCUT2D eigenvalue weighted by atomic mass is 10.1. The molecule has 3 aromatic rings. The van der Waals surface area contributed by atoms with Crippen LogP contribution in [0.5, 0.6) is 11.5 Å². The Morgan fingerprint density at radius 2 is 1.64 bits per heavy atom. The molecular formula is C28H24N2O9. The van der Waals surface area contributed by atoms with Gasteiger partial charge in [0, 0.05) is 30.7 Å². The number of carbonyl (C=O) groups is 4. The molecule has 0 aliphatic carbocycles. The fraction of sp³-hybridized carbons (Fsp3) is 0.214. The van der Waals surface area contributed by atoms with E-state index in [-0.39, 0.29) is 41.4 Å². The molecule has 1 aliphatic rings. The Morgan fingerprint density at radius 3 is 2.31 bits per heavy atom. The van der Waals surface area contributed by atoms with Crippen LogP contribution in [0.15, 0.2) is 72.8 Å². The minimum Gasteiger partial charge on any atom is -0.492 e. The van der Waals surface area contributed by atoms with Crippen LogP contribution in [0.1, 0.15) is 34.1 Å². The van der Waals surface area contributed by atoms with Gasteiger partial charge in [0.1, 0.15) is 11.5 Å². The number of ketones is 1. The summed E-state index contributed by atoms with van der Waals surface area (Å²) in [6, 6.07) is 17.6. The molecule has 11 heteroatoms. The summed E-state index contributed by atoms with van der Waals surface area (Å²) < 4.78 is 16.0. The van der Waals surface area contributed by atoms with Crippen molar-refractivity contribution in [2.24, 2.45) is 5.92 Å². The van der Waals surface area contributed by atoms with Gasteiger partial charge in [0.2, 0.25) is 5.91 Å². The Bertz CT molecular complexity index is 1400. The highest BCUT2D eigenvalue weighted by molar-refractivity contribution is 6.01. The molecule has 1 saturated heterocycles. The summed E-state index contributed by atoms with van der Waals surface area (Å²) in [6.45, 7) is 1.86. The molecule has 200 valence electrons. The van der Waals surface area contributed by atoms with Gasteiger partial charge in [0.25, 0.3) is 5.69 Å². The zero-order valence-corrected chi connectivity index (χ0v) is 20.9. The number of anilines is 1. The van der Waals surface area contributed by atoms with E-state index in [1.807, 2.05) is 6.92 Å². The second-order valence-electron chi connectivity index (χ2n) is 8.55. The number of Topliss-reactive ketones (excluding diaryl/α,β-unsaturated/α-hetero) is 1. The number of esters is 2. The highest BCUT2D eigenvalue weighted by Gasteiger charge is 2.37. The summed E-state index contributed by atoms with van der Waals surface area (Å²) in [5.74, 6) is -2.11. The van der Waals surface area contributed by atoms with Crippen LogP contribution in [0.25, 0.3) is 0 Å². The molecule has 1 fully saturated rings. The molecule has 3 aromatic carbocycles. The molecule has 4 rings (SSSR count). The Labute approximate surface area is 223 Å². The topological polar surface area (TPSA) is 142 Å². The molecule has 0 aromatic heterocycles. The maximum atomic E-state index is 12.6. The first-order chi connectivity index (χ1) is 18.8. The second kappa shape index (κ2) is 12.0. The van der Waals surface area contributed by atoms with E-state index in [4.69, 9.17) is 14.2 Å². The standard InChI is InChI=1S/C28H24N2O9/c1-2-37-25-6-4-3-5-23(25)29-16-20(15-26(29)32)27(33)38-17-24(31)18-9-13-22(14-10-18)39-28(34)19-7-11-21(12-8-19)30(35)36/h3-14,20H,2,15-17H2,1H3/t20-/m1/s1. The molecule has 1 amide bonds. The quantitative estimate of drug-likeness (QED) is 0.124. The second-order valence-corrected chi connectivity index (χ2v) is 8.55. The van der Waals surface area contributed by atoms with Crippen LogP contribution in [0.3, 0.4) is 0 Å². The van der Waals surface area contributed by atoms with Crippen LogP contribution in [0.2, 0.25) is 0 Å². The highest BCUT2D eigenvalue weighted by atomic mass is 16.6. The highest BCUT2D eigenvalue weighted by Crippen LogP contribution is 2.33. The monoisotopic (exact) mass is 532 g/mol. The fourth-order valence-electron chi connectivity index (χ4n) is 3.99. The summed E-state index contributed by atoms with van der Waals surface area (Å²) in [6.07, 6.45) is -0.0394. The van der Waals surface area contributed by atoms with E-state index < -0.39 is 35.2 Å². The number of para-hydroxylation sites is 2. The van der Waals surface area contributed by atoms with Crippen molar-refractivity contribution in [1.82, 2.24) is 0 Å². The smallest absolute Gasteiger partial charge is 0.343 e. The van der Waals surface area contributed by atoms with Crippen molar-refractivity contribution < 1.29 is 38.3 Å². The van der Waals surface area contributed by atoms with Gasteiger partial charge in [-0.15, -0.1) is 0 Å². The zero-order chi connectivity index (χ0) is 27.9. The third-order valence-corrected chi connectivity index (χ3v) is 5.96. The molecule has 0 unspecified atom stereocenters. The van der Waals surface area contributed by atoms with Crippen molar-refractivity contribution >= 4 is 35.0 Å². The predicted octanol–water partition coefficient (Wildman–Crippen LogP) is 3.99. The van der Waals surface area contributed by atoms with E-state index in [0.717, 1.165) is 0 Å². The molecule has 0 bridgehead atoms. The molecular weight excluding hydrogens is 508 g/mol. The summed E-state index contributed by atoms with van der Waals surface area (Å²) >= 11 is 0. The largest absolute Gasteiger partial charge is 0.492 e. The maximum absolute atomic E-state index is 12.6. The molecule has 1 aliphatic heterocycles. The average Bonchev–Trinajstić information content (AvgIpc) is 3.33. The number of ether oxygens (including phenoxy) is 3. The van der Waals surface area contributed by atoms with Crippen LogP contribution in [-0.2, 0) is 14.3 Å². The summed E-state index contributed by atoms with van der Waals surface area (Å²) in [7, 11) is 0. The molecule has 1 heterocycles. The van der Waals surface area contributed by atoms with Gasteiger partial charge in [-0.05, 0) is 55.5 Å². The maximum Gasteiger partial charge on any atom is 0.343 e. The van der Waals surface area contributed by atoms with E-state index in [0.29, 0.717) is 18.0 Å². The average molecular weight is 533 g/mol. The number of rotatable bonds is 10. The van der Waals surface area contributed by atoms with Crippen molar-refractivity contribution in [2.75, 3.05) is 24.7 Å². The van der Waals surface area contributed by atoms with Crippen LogP contribution in [-0.4, -0.2) is 48.3 Å². The van der Waals surface area contributed by atoms with Gasteiger partial charge >= 0.3 is 11.9 Å². The molecule has 0 radical (unpaired) electrons. The molecule has 1 atom stereocenters. The number of benzene rings is 3. The lowest BCUT2D eigenvalue weighted by Crippen LogP contribution is -2.27.